The molecule has 0 unspecified atom stereocenters. The minimum Gasteiger partial charge on any atom is -0.356 e. The second-order valence-corrected chi connectivity index (χ2v) is 3.33. The fourth-order valence-corrected chi connectivity index (χ4v) is 1.09. The van der Waals surface area contributed by atoms with E-state index in [0.29, 0.717) is 0 Å². The molecule has 0 bridgehead atoms. The van der Waals surface area contributed by atoms with Crippen LogP contribution in [0, 0.1) is 5.92 Å². The number of nitrogens with one attached hydrogen (secondary N) is 1. The summed E-state index contributed by atoms with van der Waals surface area (Å²) in [6.45, 7) is 2.91. The minimum atomic E-state index is 0.235. The van der Waals surface area contributed by atoms with Crippen LogP contribution in [0.4, 0.5) is 0 Å². The second-order valence-electron chi connectivity index (χ2n) is 3.33. The van der Waals surface area contributed by atoms with Gasteiger partial charge in [0, 0.05) is 13.0 Å². The summed E-state index contributed by atoms with van der Waals surface area (Å²) >= 11 is 0. The zero-order chi connectivity index (χ0) is 8.10. The Balaban J connectivity index is 1.91. The molecule has 0 spiro atoms. The monoisotopic (exact) mass is 155 g/mol. The van der Waals surface area contributed by atoms with E-state index in [1.54, 1.807) is 0 Å². The molecule has 0 radical (unpaired) electrons. The minimum absolute atomic E-state index is 0.235. The Morgan fingerprint density at radius 2 is 2.27 bits per heavy atom. The third kappa shape index (κ3) is 4.02. The molecule has 1 aliphatic rings. The molecule has 1 amide bonds. The second kappa shape index (κ2) is 4.37. The van der Waals surface area contributed by atoms with Crippen LogP contribution < -0.4 is 5.32 Å². The lowest BCUT2D eigenvalue weighted by Gasteiger charge is -2.01. The van der Waals surface area contributed by atoms with Crippen LogP contribution in [-0.2, 0) is 4.79 Å². The molecule has 0 atom stereocenters. The van der Waals surface area contributed by atoms with Crippen molar-refractivity contribution in [3.63, 3.8) is 0 Å². The molecule has 1 rings (SSSR count). The SMILES string of the molecule is CCCNC(=O)CCC1CC1. The lowest BCUT2D eigenvalue weighted by Crippen LogP contribution is -2.23. The summed E-state index contributed by atoms with van der Waals surface area (Å²) in [5.41, 5.74) is 0. The van der Waals surface area contributed by atoms with Gasteiger partial charge in [0.05, 0.1) is 0 Å². The number of hydrogen-bond acceptors (Lipinski definition) is 1. The van der Waals surface area contributed by atoms with Gasteiger partial charge in [-0.1, -0.05) is 19.8 Å². The molecule has 2 heteroatoms. The Morgan fingerprint density at radius 1 is 1.55 bits per heavy atom. The zero-order valence-electron chi connectivity index (χ0n) is 7.23. The molecule has 11 heavy (non-hydrogen) atoms. The molecule has 1 saturated carbocycles. The smallest absolute Gasteiger partial charge is 0.220 e. The van der Waals surface area contributed by atoms with E-state index in [9.17, 15) is 4.79 Å². The van der Waals surface area contributed by atoms with Crippen LogP contribution in [0.15, 0.2) is 0 Å². The fourth-order valence-electron chi connectivity index (χ4n) is 1.09. The summed E-state index contributed by atoms with van der Waals surface area (Å²) in [5, 5.41) is 2.88. The third-order valence-corrected chi connectivity index (χ3v) is 2.05. The van der Waals surface area contributed by atoms with Gasteiger partial charge >= 0.3 is 0 Å². The molecule has 0 aromatic heterocycles. The Labute approximate surface area is 68.4 Å². The molecule has 2 nitrogen and oxygen atoms in total. The molecule has 0 aromatic rings. The van der Waals surface area contributed by atoms with Crippen LogP contribution in [0.5, 0.6) is 0 Å². The topological polar surface area (TPSA) is 29.1 Å². The van der Waals surface area contributed by atoms with Gasteiger partial charge in [-0.15, -0.1) is 0 Å². The van der Waals surface area contributed by atoms with E-state index in [1.807, 2.05) is 0 Å². The van der Waals surface area contributed by atoms with Crippen molar-refractivity contribution in [2.45, 2.75) is 39.0 Å². The predicted molar refractivity (Wildman–Crippen MR) is 45.3 cm³/mol. The third-order valence-electron chi connectivity index (χ3n) is 2.05. The lowest BCUT2D eigenvalue weighted by atomic mass is 10.2. The Bertz CT molecular complexity index is 130. The highest BCUT2D eigenvalue weighted by Gasteiger charge is 2.21. The van der Waals surface area contributed by atoms with E-state index >= 15 is 0 Å². The van der Waals surface area contributed by atoms with Crippen LogP contribution in [0.1, 0.15) is 39.0 Å². The molecule has 0 heterocycles. The highest BCUT2D eigenvalue weighted by Crippen LogP contribution is 2.33. The summed E-state index contributed by atoms with van der Waals surface area (Å²) in [4.78, 5) is 11.0. The van der Waals surface area contributed by atoms with Gasteiger partial charge < -0.3 is 5.32 Å². The maximum absolute atomic E-state index is 11.0. The molecule has 0 saturated heterocycles. The van der Waals surface area contributed by atoms with Crippen molar-refractivity contribution in [3.05, 3.63) is 0 Å². The number of carbonyl (C=O) groups is 1. The maximum Gasteiger partial charge on any atom is 0.220 e. The lowest BCUT2D eigenvalue weighted by molar-refractivity contribution is -0.121. The van der Waals surface area contributed by atoms with Gasteiger partial charge in [0.2, 0.25) is 5.91 Å². The molecular weight excluding hydrogens is 138 g/mol. The summed E-state index contributed by atoms with van der Waals surface area (Å²) in [6, 6.07) is 0. The van der Waals surface area contributed by atoms with Gasteiger partial charge in [-0.25, -0.2) is 0 Å². The predicted octanol–water partition coefficient (Wildman–Crippen LogP) is 1.70. The van der Waals surface area contributed by atoms with Crippen molar-refractivity contribution in [2.75, 3.05) is 6.54 Å². The molecular formula is C9H17NO. The largest absolute Gasteiger partial charge is 0.356 e. The van der Waals surface area contributed by atoms with Crippen molar-refractivity contribution < 1.29 is 4.79 Å². The Morgan fingerprint density at radius 3 is 2.82 bits per heavy atom. The van der Waals surface area contributed by atoms with E-state index in [-0.39, 0.29) is 5.91 Å². The number of carbonyl (C=O) groups excluding carboxylic acids is 1. The van der Waals surface area contributed by atoms with Gasteiger partial charge in [-0.05, 0) is 18.8 Å². The van der Waals surface area contributed by atoms with Crippen molar-refractivity contribution in [1.82, 2.24) is 5.32 Å². The fraction of sp³-hybridized carbons (Fsp3) is 0.889. The normalized spacial score (nSPS) is 16.5. The summed E-state index contributed by atoms with van der Waals surface area (Å²) < 4.78 is 0. The number of hydrogen-bond donors (Lipinski definition) is 1. The van der Waals surface area contributed by atoms with E-state index in [1.165, 1.54) is 12.8 Å². The van der Waals surface area contributed by atoms with Crippen LogP contribution in [0.25, 0.3) is 0 Å². The Kier molecular flexibility index (Phi) is 3.40. The first kappa shape index (κ1) is 8.57. The van der Waals surface area contributed by atoms with Crippen molar-refractivity contribution >= 4 is 5.91 Å². The van der Waals surface area contributed by atoms with E-state index in [4.69, 9.17) is 0 Å². The molecule has 1 aliphatic carbocycles. The first-order chi connectivity index (χ1) is 5.33. The maximum atomic E-state index is 11.0. The van der Waals surface area contributed by atoms with Gasteiger partial charge in [-0.3, -0.25) is 4.79 Å². The summed E-state index contributed by atoms with van der Waals surface area (Å²) in [5.74, 6) is 1.11. The van der Waals surface area contributed by atoms with E-state index in [0.717, 1.165) is 31.7 Å². The van der Waals surface area contributed by atoms with Crippen LogP contribution in [0.2, 0.25) is 0 Å². The first-order valence-electron chi connectivity index (χ1n) is 4.59. The molecule has 0 aliphatic heterocycles. The van der Waals surface area contributed by atoms with E-state index in [2.05, 4.69) is 12.2 Å². The average molecular weight is 155 g/mol. The van der Waals surface area contributed by atoms with Crippen LogP contribution in [0.3, 0.4) is 0 Å². The molecule has 0 aromatic carbocycles. The van der Waals surface area contributed by atoms with Crippen molar-refractivity contribution in [3.8, 4) is 0 Å². The van der Waals surface area contributed by atoms with Gasteiger partial charge in [0.15, 0.2) is 0 Å². The van der Waals surface area contributed by atoms with Gasteiger partial charge in [-0.2, -0.15) is 0 Å². The first-order valence-corrected chi connectivity index (χ1v) is 4.59. The molecule has 1 N–H and O–H groups in total. The zero-order valence-corrected chi connectivity index (χ0v) is 7.23. The quantitative estimate of drug-likeness (QED) is 0.643. The van der Waals surface area contributed by atoms with Crippen LogP contribution >= 0.6 is 0 Å². The van der Waals surface area contributed by atoms with Crippen LogP contribution in [-0.4, -0.2) is 12.5 Å². The number of amides is 1. The summed E-state index contributed by atoms with van der Waals surface area (Å²) in [6.07, 6.45) is 5.58. The standard InChI is InChI=1S/C9H17NO/c1-2-7-10-9(11)6-5-8-3-4-8/h8H,2-7H2,1H3,(H,10,11). The molecule has 1 fully saturated rings. The highest BCUT2D eigenvalue weighted by molar-refractivity contribution is 5.75. The average Bonchev–Trinajstić information content (AvgIpc) is 2.80. The van der Waals surface area contributed by atoms with E-state index < -0.39 is 0 Å². The molecule has 64 valence electrons. The van der Waals surface area contributed by atoms with Crippen molar-refractivity contribution in [1.29, 1.82) is 0 Å². The number of rotatable bonds is 5. The van der Waals surface area contributed by atoms with Gasteiger partial charge in [0.1, 0.15) is 0 Å². The highest BCUT2D eigenvalue weighted by atomic mass is 16.1. The van der Waals surface area contributed by atoms with Gasteiger partial charge in [0.25, 0.3) is 0 Å². The Hall–Kier alpha value is -0.530. The summed E-state index contributed by atoms with van der Waals surface area (Å²) in [7, 11) is 0. The van der Waals surface area contributed by atoms with Crippen molar-refractivity contribution in [2.24, 2.45) is 5.92 Å².